The second-order valence-corrected chi connectivity index (χ2v) is 4.19. The maximum Gasteiger partial charge on any atom is 0.119 e. The topological polar surface area (TPSA) is 41.5 Å². The van der Waals surface area contributed by atoms with Crippen molar-refractivity contribution in [2.45, 2.75) is 13.0 Å². The number of hydrogen-bond acceptors (Lipinski definition) is 3. The van der Waals surface area contributed by atoms with Crippen molar-refractivity contribution in [2.75, 3.05) is 12.4 Å². The fraction of sp³-hybridized carbons (Fsp3) is 0.200. The second-order valence-electron chi connectivity index (χ2n) is 4.19. The number of nitrogens with one attached hydrogen (secondary N) is 1. The number of methoxy groups -OCH3 is 1. The zero-order chi connectivity index (χ0) is 13.0. The van der Waals surface area contributed by atoms with Crippen LogP contribution >= 0.6 is 0 Å². The third kappa shape index (κ3) is 2.94. The summed E-state index contributed by atoms with van der Waals surface area (Å²) >= 11 is 0. The molecule has 3 nitrogen and oxygen atoms in total. The normalized spacial score (nSPS) is 11.9. The van der Waals surface area contributed by atoms with Gasteiger partial charge in [-0.25, -0.2) is 0 Å². The van der Waals surface area contributed by atoms with Gasteiger partial charge in [-0.15, -0.1) is 0 Å². The van der Waals surface area contributed by atoms with E-state index in [1.54, 1.807) is 19.2 Å². The lowest BCUT2D eigenvalue weighted by Crippen LogP contribution is -2.06. The summed E-state index contributed by atoms with van der Waals surface area (Å²) in [7, 11) is 1.66. The molecule has 0 radical (unpaired) electrons. The number of benzene rings is 2. The summed E-state index contributed by atoms with van der Waals surface area (Å²) in [6, 6.07) is 15.2. The number of phenolic OH excluding ortho intramolecular Hbond substituents is 1. The fourth-order valence-corrected chi connectivity index (χ4v) is 1.80. The molecule has 3 heteroatoms. The van der Waals surface area contributed by atoms with Gasteiger partial charge < -0.3 is 15.2 Å². The molecule has 2 aromatic rings. The summed E-state index contributed by atoms with van der Waals surface area (Å²) in [6.45, 7) is 2.08. The first kappa shape index (κ1) is 12.3. The molecular weight excluding hydrogens is 226 g/mol. The monoisotopic (exact) mass is 243 g/mol. The van der Waals surface area contributed by atoms with Crippen LogP contribution in [-0.4, -0.2) is 12.2 Å². The molecule has 94 valence electrons. The highest BCUT2D eigenvalue weighted by Crippen LogP contribution is 2.23. The summed E-state index contributed by atoms with van der Waals surface area (Å²) in [5.41, 5.74) is 2.13. The van der Waals surface area contributed by atoms with Gasteiger partial charge in [0.2, 0.25) is 0 Å². The summed E-state index contributed by atoms with van der Waals surface area (Å²) in [4.78, 5) is 0. The minimum Gasteiger partial charge on any atom is -0.508 e. The van der Waals surface area contributed by atoms with Crippen molar-refractivity contribution in [3.05, 3.63) is 54.1 Å². The Balaban J connectivity index is 2.11. The van der Waals surface area contributed by atoms with E-state index in [-0.39, 0.29) is 11.8 Å². The number of aromatic hydroxyl groups is 1. The van der Waals surface area contributed by atoms with Crippen LogP contribution in [0.1, 0.15) is 18.5 Å². The average Bonchev–Trinajstić information content (AvgIpc) is 2.41. The largest absolute Gasteiger partial charge is 0.508 e. The SMILES string of the molecule is COc1cccc(C(C)Nc2ccc(O)cc2)c1. The smallest absolute Gasteiger partial charge is 0.119 e. The van der Waals surface area contributed by atoms with Crippen LogP contribution in [0.25, 0.3) is 0 Å². The molecule has 0 fully saturated rings. The van der Waals surface area contributed by atoms with E-state index in [9.17, 15) is 5.11 Å². The van der Waals surface area contributed by atoms with Crippen molar-refractivity contribution in [1.82, 2.24) is 0 Å². The summed E-state index contributed by atoms with van der Waals surface area (Å²) in [6.07, 6.45) is 0. The van der Waals surface area contributed by atoms with Gasteiger partial charge in [-0.3, -0.25) is 0 Å². The van der Waals surface area contributed by atoms with Crippen molar-refractivity contribution in [2.24, 2.45) is 0 Å². The van der Waals surface area contributed by atoms with Gasteiger partial charge in [0.1, 0.15) is 11.5 Å². The lowest BCUT2D eigenvalue weighted by molar-refractivity contribution is 0.414. The van der Waals surface area contributed by atoms with Gasteiger partial charge in [0, 0.05) is 11.7 Å². The molecule has 0 saturated heterocycles. The molecule has 0 saturated carbocycles. The Morgan fingerprint density at radius 2 is 1.83 bits per heavy atom. The molecule has 1 unspecified atom stereocenters. The predicted molar refractivity (Wildman–Crippen MR) is 73.1 cm³/mol. The molecule has 2 aromatic carbocycles. The van der Waals surface area contributed by atoms with Crippen molar-refractivity contribution in [1.29, 1.82) is 0 Å². The number of ether oxygens (including phenoxy) is 1. The van der Waals surface area contributed by atoms with Crippen LogP contribution in [0.3, 0.4) is 0 Å². The van der Waals surface area contributed by atoms with Crippen LogP contribution in [0.15, 0.2) is 48.5 Å². The van der Waals surface area contributed by atoms with E-state index >= 15 is 0 Å². The molecule has 0 spiro atoms. The molecular formula is C15H17NO2. The zero-order valence-electron chi connectivity index (χ0n) is 10.6. The Morgan fingerprint density at radius 1 is 1.11 bits per heavy atom. The minimum atomic E-state index is 0.171. The van der Waals surface area contributed by atoms with Gasteiger partial charge in [0.25, 0.3) is 0 Å². The first-order valence-corrected chi connectivity index (χ1v) is 5.88. The first-order chi connectivity index (χ1) is 8.69. The zero-order valence-corrected chi connectivity index (χ0v) is 10.6. The molecule has 0 amide bonds. The van der Waals surface area contributed by atoms with Crippen LogP contribution in [0.5, 0.6) is 11.5 Å². The highest BCUT2D eigenvalue weighted by Gasteiger charge is 2.06. The second kappa shape index (κ2) is 5.45. The third-order valence-corrected chi connectivity index (χ3v) is 2.84. The van der Waals surface area contributed by atoms with E-state index in [0.29, 0.717) is 0 Å². The van der Waals surface area contributed by atoms with E-state index in [1.807, 2.05) is 30.3 Å². The van der Waals surface area contributed by atoms with Gasteiger partial charge >= 0.3 is 0 Å². The van der Waals surface area contributed by atoms with Gasteiger partial charge in [-0.05, 0) is 48.9 Å². The first-order valence-electron chi connectivity index (χ1n) is 5.88. The van der Waals surface area contributed by atoms with Crippen molar-refractivity contribution >= 4 is 5.69 Å². The van der Waals surface area contributed by atoms with Crippen LogP contribution in [0.2, 0.25) is 0 Å². The highest BCUT2D eigenvalue weighted by atomic mass is 16.5. The minimum absolute atomic E-state index is 0.171. The van der Waals surface area contributed by atoms with Gasteiger partial charge in [-0.1, -0.05) is 12.1 Å². The lowest BCUT2D eigenvalue weighted by Gasteiger charge is -2.16. The standard InChI is InChI=1S/C15H17NO2/c1-11(12-4-3-5-15(10-12)18-2)16-13-6-8-14(17)9-7-13/h3-11,16-17H,1-2H3. The molecule has 1 atom stereocenters. The van der Waals surface area contributed by atoms with E-state index in [4.69, 9.17) is 4.74 Å². The van der Waals surface area contributed by atoms with E-state index in [2.05, 4.69) is 18.3 Å². The number of anilines is 1. The quantitative estimate of drug-likeness (QED) is 0.806. The van der Waals surface area contributed by atoms with Crippen molar-refractivity contribution < 1.29 is 9.84 Å². The Hall–Kier alpha value is -2.16. The van der Waals surface area contributed by atoms with Crippen molar-refractivity contribution in [3.8, 4) is 11.5 Å². The summed E-state index contributed by atoms with van der Waals surface area (Å²) in [5.74, 6) is 1.13. The predicted octanol–water partition coefficient (Wildman–Crippen LogP) is 3.57. The van der Waals surface area contributed by atoms with E-state index < -0.39 is 0 Å². The Bertz CT molecular complexity index is 508. The molecule has 0 aliphatic carbocycles. The molecule has 2 N–H and O–H groups in total. The van der Waals surface area contributed by atoms with Crippen LogP contribution in [-0.2, 0) is 0 Å². The third-order valence-electron chi connectivity index (χ3n) is 2.84. The fourth-order valence-electron chi connectivity index (χ4n) is 1.80. The lowest BCUT2D eigenvalue weighted by atomic mass is 10.1. The molecule has 0 aliphatic rings. The number of rotatable bonds is 4. The summed E-state index contributed by atoms with van der Waals surface area (Å²) < 4.78 is 5.21. The van der Waals surface area contributed by atoms with Gasteiger partial charge in [0.15, 0.2) is 0 Å². The maximum absolute atomic E-state index is 9.23. The molecule has 0 heterocycles. The maximum atomic E-state index is 9.23. The van der Waals surface area contributed by atoms with E-state index in [1.165, 1.54) is 0 Å². The van der Waals surface area contributed by atoms with Crippen LogP contribution < -0.4 is 10.1 Å². The Morgan fingerprint density at radius 3 is 2.50 bits per heavy atom. The van der Waals surface area contributed by atoms with Gasteiger partial charge in [0.05, 0.1) is 7.11 Å². The van der Waals surface area contributed by atoms with E-state index in [0.717, 1.165) is 17.0 Å². The molecule has 0 aliphatic heterocycles. The molecule has 0 bridgehead atoms. The van der Waals surface area contributed by atoms with Crippen molar-refractivity contribution in [3.63, 3.8) is 0 Å². The van der Waals surface area contributed by atoms with Crippen LogP contribution in [0.4, 0.5) is 5.69 Å². The average molecular weight is 243 g/mol. The Labute approximate surface area is 107 Å². The molecule has 2 rings (SSSR count). The number of hydrogen-bond donors (Lipinski definition) is 2. The molecule has 18 heavy (non-hydrogen) atoms. The highest BCUT2D eigenvalue weighted by molar-refractivity contribution is 5.48. The van der Waals surface area contributed by atoms with Gasteiger partial charge in [-0.2, -0.15) is 0 Å². The number of phenols is 1. The Kier molecular flexibility index (Phi) is 3.72. The summed E-state index contributed by atoms with van der Waals surface area (Å²) in [5, 5.41) is 12.6. The molecule has 0 aromatic heterocycles. The van der Waals surface area contributed by atoms with Crippen LogP contribution in [0, 0.1) is 0 Å².